The molecule has 0 bridgehead atoms. The van der Waals surface area contributed by atoms with Crippen LogP contribution in [0.5, 0.6) is 23.0 Å². The van der Waals surface area contributed by atoms with Crippen molar-refractivity contribution in [1.29, 1.82) is 0 Å². The molecule has 150 valence electrons. The summed E-state index contributed by atoms with van der Waals surface area (Å²) in [6, 6.07) is 9.48. The lowest BCUT2D eigenvalue weighted by atomic mass is 9.92. The Labute approximate surface area is 166 Å². The molecule has 1 amide bonds. The molecule has 0 saturated carbocycles. The number of hydrogen-bond donors (Lipinski definition) is 0. The van der Waals surface area contributed by atoms with E-state index in [2.05, 4.69) is 0 Å². The maximum Gasteiger partial charge on any atom is 0.227 e. The smallest absolute Gasteiger partial charge is 0.227 e. The van der Waals surface area contributed by atoms with Crippen LogP contribution in [0, 0.1) is 0 Å². The van der Waals surface area contributed by atoms with Crippen molar-refractivity contribution in [3.8, 4) is 23.0 Å². The molecule has 0 aromatic heterocycles. The van der Waals surface area contributed by atoms with Crippen molar-refractivity contribution in [2.24, 2.45) is 0 Å². The van der Waals surface area contributed by atoms with Crippen LogP contribution in [-0.4, -0.2) is 45.8 Å². The molecule has 2 aromatic rings. The summed E-state index contributed by atoms with van der Waals surface area (Å²) in [7, 11) is 6.46. The molecule has 2 aromatic carbocycles. The zero-order chi connectivity index (χ0) is 20.3. The van der Waals surface area contributed by atoms with E-state index < -0.39 is 0 Å². The third kappa shape index (κ3) is 3.72. The topological polar surface area (TPSA) is 57.2 Å². The van der Waals surface area contributed by atoms with Gasteiger partial charge in [-0.1, -0.05) is 6.07 Å². The first-order chi connectivity index (χ1) is 13.5. The van der Waals surface area contributed by atoms with Crippen LogP contribution in [0.1, 0.15) is 29.7 Å². The van der Waals surface area contributed by atoms with Gasteiger partial charge in [0.25, 0.3) is 0 Å². The van der Waals surface area contributed by atoms with Crippen LogP contribution in [0.15, 0.2) is 30.3 Å². The van der Waals surface area contributed by atoms with E-state index in [0.29, 0.717) is 23.8 Å². The summed E-state index contributed by atoms with van der Waals surface area (Å²) in [4.78, 5) is 15.0. The zero-order valence-corrected chi connectivity index (χ0v) is 17.1. The first-order valence-electron chi connectivity index (χ1n) is 9.27. The Bertz CT molecular complexity index is 864. The van der Waals surface area contributed by atoms with E-state index in [1.54, 1.807) is 34.5 Å². The third-order valence-corrected chi connectivity index (χ3v) is 5.34. The van der Waals surface area contributed by atoms with Gasteiger partial charge in [0.05, 0.1) is 40.9 Å². The largest absolute Gasteiger partial charge is 0.497 e. The van der Waals surface area contributed by atoms with Crippen LogP contribution in [0.3, 0.4) is 0 Å². The number of ether oxygens (including phenoxy) is 4. The third-order valence-electron chi connectivity index (χ3n) is 5.34. The Morgan fingerprint density at radius 2 is 1.64 bits per heavy atom. The number of rotatable bonds is 6. The van der Waals surface area contributed by atoms with Gasteiger partial charge >= 0.3 is 0 Å². The zero-order valence-electron chi connectivity index (χ0n) is 17.1. The van der Waals surface area contributed by atoms with Crippen molar-refractivity contribution in [1.82, 2.24) is 4.90 Å². The van der Waals surface area contributed by atoms with Gasteiger partial charge in [0, 0.05) is 18.2 Å². The number of amides is 1. The maximum absolute atomic E-state index is 13.1. The molecule has 1 atom stereocenters. The quantitative estimate of drug-likeness (QED) is 0.763. The minimum Gasteiger partial charge on any atom is -0.497 e. The fourth-order valence-corrected chi connectivity index (χ4v) is 3.75. The second-order valence-electron chi connectivity index (χ2n) is 6.77. The van der Waals surface area contributed by atoms with E-state index in [0.717, 1.165) is 23.3 Å². The summed E-state index contributed by atoms with van der Waals surface area (Å²) in [6.07, 6.45) is 1.06. The van der Waals surface area contributed by atoms with Crippen LogP contribution in [-0.2, 0) is 17.6 Å². The first-order valence-corrected chi connectivity index (χ1v) is 9.27. The number of nitrogens with zero attached hydrogens (tertiary/aromatic N) is 1. The van der Waals surface area contributed by atoms with Gasteiger partial charge in [0.15, 0.2) is 11.5 Å². The van der Waals surface area contributed by atoms with Crippen molar-refractivity contribution >= 4 is 5.91 Å². The van der Waals surface area contributed by atoms with Crippen molar-refractivity contribution in [2.75, 3.05) is 35.0 Å². The highest BCUT2D eigenvalue weighted by molar-refractivity contribution is 5.80. The number of methoxy groups -OCH3 is 4. The first kappa shape index (κ1) is 19.9. The van der Waals surface area contributed by atoms with Gasteiger partial charge in [-0.25, -0.2) is 0 Å². The lowest BCUT2D eigenvalue weighted by Gasteiger charge is -2.36. The second-order valence-corrected chi connectivity index (χ2v) is 6.77. The fraction of sp³-hybridized carbons (Fsp3) is 0.409. The molecule has 1 heterocycles. The van der Waals surface area contributed by atoms with Gasteiger partial charge in [-0.3, -0.25) is 4.79 Å². The SMILES string of the molecule is COc1ccc(CC(=O)N2CCc3cc(OC)c(OC)cc3[C@@H]2C)c(OC)c1. The predicted molar refractivity (Wildman–Crippen MR) is 107 cm³/mol. The monoisotopic (exact) mass is 385 g/mol. The minimum atomic E-state index is -0.0414. The van der Waals surface area contributed by atoms with Gasteiger partial charge in [-0.05, 0) is 42.7 Å². The molecular weight excluding hydrogens is 358 g/mol. The number of hydrogen-bond acceptors (Lipinski definition) is 5. The molecule has 28 heavy (non-hydrogen) atoms. The van der Waals surface area contributed by atoms with Crippen molar-refractivity contribution in [2.45, 2.75) is 25.8 Å². The Morgan fingerprint density at radius 1 is 0.964 bits per heavy atom. The average molecular weight is 385 g/mol. The molecule has 0 radical (unpaired) electrons. The summed E-state index contributed by atoms with van der Waals surface area (Å²) in [5, 5.41) is 0. The molecule has 0 N–H and O–H groups in total. The molecule has 1 aliphatic heterocycles. The van der Waals surface area contributed by atoms with E-state index in [4.69, 9.17) is 18.9 Å². The van der Waals surface area contributed by atoms with Gasteiger partial charge in [-0.2, -0.15) is 0 Å². The van der Waals surface area contributed by atoms with Crippen LogP contribution >= 0.6 is 0 Å². The molecule has 0 spiro atoms. The normalized spacial score (nSPS) is 15.6. The second kappa shape index (κ2) is 8.42. The van der Waals surface area contributed by atoms with Crippen molar-refractivity contribution < 1.29 is 23.7 Å². The average Bonchev–Trinajstić information content (AvgIpc) is 2.73. The Kier molecular flexibility index (Phi) is 5.97. The van der Waals surface area contributed by atoms with E-state index >= 15 is 0 Å². The molecule has 3 rings (SSSR count). The van der Waals surface area contributed by atoms with E-state index in [-0.39, 0.29) is 18.4 Å². The summed E-state index contributed by atoms with van der Waals surface area (Å²) in [5.41, 5.74) is 3.13. The number of benzene rings is 2. The lowest BCUT2D eigenvalue weighted by Crippen LogP contribution is -2.39. The highest BCUT2D eigenvalue weighted by Gasteiger charge is 2.29. The van der Waals surface area contributed by atoms with Crippen LogP contribution in [0.25, 0.3) is 0 Å². The number of carbonyl (C=O) groups excluding carboxylic acids is 1. The molecule has 0 aliphatic carbocycles. The van der Waals surface area contributed by atoms with Gasteiger partial charge in [0.2, 0.25) is 5.91 Å². The van der Waals surface area contributed by atoms with Crippen LogP contribution in [0.2, 0.25) is 0 Å². The summed E-state index contributed by atoms with van der Waals surface area (Å²) < 4.78 is 21.5. The highest BCUT2D eigenvalue weighted by Crippen LogP contribution is 2.38. The molecule has 1 aliphatic rings. The summed E-state index contributed by atoms with van der Waals surface area (Å²) in [5.74, 6) is 2.82. The van der Waals surface area contributed by atoms with Crippen LogP contribution in [0.4, 0.5) is 0 Å². The Balaban J connectivity index is 1.83. The summed E-state index contributed by atoms with van der Waals surface area (Å²) >= 11 is 0. The minimum absolute atomic E-state index is 0.0414. The molecule has 0 fully saturated rings. The predicted octanol–water partition coefficient (Wildman–Crippen LogP) is 3.41. The molecule has 0 saturated heterocycles. The highest BCUT2D eigenvalue weighted by atomic mass is 16.5. The van der Waals surface area contributed by atoms with Gasteiger partial charge in [-0.15, -0.1) is 0 Å². The van der Waals surface area contributed by atoms with Crippen molar-refractivity contribution in [3.63, 3.8) is 0 Å². The molecule has 6 heteroatoms. The summed E-state index contributed by atoms with van der Waals surface area (Å²) in [6.45, 7) is 2.72. The standard InChI is InChI=1S/C22H27NO5/c1-14-18-13-21(28-5)20(27-4)10-15(18)8-9-23(14)22(24)11-16-6-7-17(25-2)12-19(16)26-3/h6-7,10,12-14H,8-9,11H2,1-5H3/t14-/m0/s1. The fourth-order valence-electron chi connectivity index (χ4n) is 3.75. The van der Waals surface area contributed by atoms with E-state index in [1.807, 2.05) is 36.1 Å². The van der Waals surface area contributed by atoms with Gasteiger partial charge < -0.3 is 23.8 Å². The lowest BCUT2D eigenvalue weighted by molar-refractivity contribution is -0.133. The maximum atomic E-state index is 13.1. The Hall–Kier alpha value is -2.89. The van der Waals surface area contributed by atoms with Gasteiger partial charge in [0.1, 0.15) is 11.5 Å². The molecule has 6 nitrogen and oxygen atoms in total. The van der Waals surface area contributed by atoms with E-state index in [9.17, 15) is 4.79 Å². The number of carbonyl (C=O) groups is 1. The number of fused-ring (bicyclic) bond motifs is 1. The van der Waals surface area contributed by atoms with Crippen molar-refractivity contribution in [3.05, 3.63) is 47.0 Å². The molecular formula is C22H27NO5. The Morgan fingerprint density at radius 3 is 2.29 bits per heavy atom. The van der Waals surface area contributed by atoms with E-state index in [1.165, 1.54) is 5.56 Å². The van der Waals surface area contributed by atoms with Crippen LogP contribution < -0.4 is 18.9 Å². The molecule has 0 unspecified atom stereocenters.